The molecule has 62 valence electrons. The number of alkyl halides is 1. The van der Waals surface area contributed by atoms with E-state index in [0.29, 0.717) is 5.88 Å². The van der Waals surface area contributed by atoms with Gasteiger partial charge in [-0.15, -0.1) is 11.6 Å². The Hall–Kier alpha value is -0.950. The van der Waals surface area contributed by atoms with E-state index in [-0.39, 0.29) is 0 Å². The summed E-state index contributed by atoms with van der Waals surface area (Å²) in [7, 11) is 0. The van der Waals surface area contributed by atoms with Crippen molar-refractivity contribution in [3.05, 3.63) is 36.1 Å². The Bertz CT molecular complexity index is 378. The van der Waals surface area contributed by atoms with E-state index in [1.165, 1.54) is 5.56 Å². The van der Waals surface area contributed by atoms with Crippen LogP contribution in [-0.4, -0.2) is 5.88 Å². The van der Waals surface area contributed by atoms with Gasteiger partial charge in [0.25, 0.3) is 0 Å². The molecule has 0 fully saturated rings. The predicted molar refractivity (Wildman–Crippen MR) is 50.6 cm³/mol. The molecule has 1 nitrogen and oxygen atoms in total. The minimum absolute atomic E-state index is 0.670. The number of aryl methyl sites for hydroxylation is 1. The lowest BCUT2D eigenvalue weighted by molar-refractivity contribution is 0.616. The van der Waals surface area contributed by atoms with Crippen molar-refractivity contribution in [2.75, 3.05) is 5.88 Å². The van der Waals surface area contributed by atoms with Crippen molar-refractivity contribution in [3.63, 3.8) is 0 Å². The van der Waals surface area contributed by atoms with Crippen LogP contribution < -0.4 is 0 Å². The SMILES string of the molecule is ClCCc1ccc2occc2c1. The Morgan fingerprint density at radius 1 is 1.25 bits per heavy atom. The van der Waals surface area contributed by atoms with Crippen LogP contribution >= 0.6 is 11.6 Å². The molecular formula is C10H9ClO. The summed E-state index contributed by atoms with van der Waals surface area (Å²) in [6, 6.07) is 8.11. The molecule has 0 unspecified atom stereocenters. The number of fused-ring (bicyclic) bond motifs is 1. The normalized spacial score (nSPS) is 10.8. The van der Waals surface area contributed by atoms with Crippen molar-refractivity contribution in [1.82, 2.24) is 0 Å². The Morgan fingerprint density at radius 3 is 3.00 bits per heavy atom. The number of benzene rings is 1. The van der Waals surface area contributed by atoms with Crippen LogP contribution in [0, 0.1) is 0 Å². The predicted octanol–water partition coefficient (Wildman–Crippen LogP) is 3.21. The molecule has 0 aliphatic heterocycles. The average molecular weight is 181 g/mol. The van der Waals surface area contributed by atoms with Crippen molar-refractivity contribution >= 4 is 22.6 Å². The van der Waals surface area contributed by atoms with Crippen molar-refractivity contribution in [2.45, 2.75) is 6.42 Å². The van der Waals surface area contributed by atoms with E-state index >= 15 is 0 Å². The summed E-state index contributed by atoms with van der Waals surface area (Å²) in [5.41, 5.74) is 2.20. The fourth-order valence-corrected chi connectivity index (χ4v) is 1.50. The van der Waals surface area contributed by atoms with Crippen LogP contribution in [0.3, 0.4) is 0 Å². The fraction of sp³-hybridized carbons (Fsp3) is 0.200. The second-order valence-electron chi connectivity index (χ2n) is 2.73. The van der Waals surface area contributed by atoms with Crippen molar-refractivity contribution < 1.29 is 4.42 Å². The lowest BCUT2D eigenvalue weighted by Crippen LogP contribution is -1.83. The maximum atomic E-state index is 5.64. The van der Waals surface area contributed by atoms with Gasteiger partial charge in [-0.2, -0.15) is 0 Å². The van der Waals surface area contributed by atoms with E-state index in [1.54, 1.807) is 6.26 Å². The third-order valence-corrected chi connectivity index (χ3v) is 2.09. The van der Waals surface area contributed by atoms with Crippen LogP contribution in [0.5, 0.6) is 0 Å². The Labute approximate surface area is 75.9 Å². The van der Waals surface area contributed by atoms with Crippen molar-refractivity contribution in [3.8, 4) is 0 Å². The molecule has 0 aliphatic carbocycles. The van der Waals surface area contributed by atoms with Crippen LogP contribution in [0.15, 0.2) is 34.9 Å². The number of furan rings is 1. The molecule has 1 aromatic carbocycles. The fourth-order valence-electron chi connectivity index (χ4n) is 1.28. The highest BCUT2D eigenvalue weighted by molar-refractivity contribution is 6.18. The van der Waals surface area contributed by atoms with E-state index in [0.717, 1.165) is 17.4 Å². The van der Waals surface area contributed by atoms with E-state index < -0.39 is 0 Å². The molecule has 0 spiro atoms. The molecule has 12 heavy (non-hydrogen) atoms. The van der Waals surface area contributed by atoms with Gasteiger partial charge >= 0.3 is 0 Å². The first kappa shape index (κ1) is 7.69. The van der Waals surface area contributed by atoms with Gasteiger partial charge in [0.15, 0.2) is 0 Å². The zero-order valence-corrected chi connectivity index (χ0v) is 7.34. The first-order valence-electron chi connectivity index (χ1n) is 3.92. The molecule has 2 heteroatoms. The van der Waals surface area contributed by atoms with E-state index in [4.69, 9.17) is 16.0 Å². The Kier molecular flexibility index (Phi) is 2.05. The number of rotatable bonds is 2. The first-order valence-corrected chi connectivity index (χ1v) is 4.46. The second-order valence-corrected chi connectivity index (χ2v) is 3.11. The lowest BCUT2D eigenvalue weighted by atomic mass is 10.1. The summed E-state index contributed by atoms with van der Waals surface area (Å²) in [5.74, 6) is 0.670. The molecule has 0 radical (unpaired) electrons. The van der Waals surface area contributed by atoms with E-state index in [2.05, 4.69) is 6.07 Å². The van der Waals surface area contributed by atoms with Gasteiger partial charge < -0.3 is 4.42 Å². The summed E-state index contributed by atoms with van der Waals surface area (Å²) < 4.78 is 5.22. The largest absolute Gasteiger partial charge is 0.464 e. The van der Waals surface area contributed by atoms with Gasteiger partial charge in [0.05, 0.1) is 6.26 Å². The molecule has 1 aromatic heterocycles. The maximum Gasteiger partial charge on any atom is 0.133 e. The van der Waals surface area contributed by atoms with Gasteiger partial charge in [-0.3, -0.25) is 0 Å². The number of hydrogen-bond acceptors (Lipinski definition) is 1. The van der Waals surface area contributed by atoms with Crippen molar-refractivity contribution in [1.29, 1.82) is 0 Å². The minimum Gasteiger partial charge on any atom is -0.464 e. The van der Waals surface area contributed by atoms with Gasteiger partial charge in [0.2, 0.25) is 0 Å². The molecule has 1 heterocycles. The van der Waals surface area contributed by atoms with Gasteiger partial charge in [-0.1, -0.05) is 6.07 Å². The quantitative estimate of drug-likeness (QED) is 0.647. The number of hydrogen-bond donors (Lipinski definition) is 0. The molecule has 0 aliphatic rings. The average Bonchev–Trinajstić information content (AvgIpc) is 2.51. The second kappa shape index (κ2) is 3.20. The smallest absolute Gasteiger partial charge is 0.133 e. The summed E-state index contributed by atoms with van der Waals surface area (Å²) in [6.45, 7) is 0. The van der Waals surface area contributed by atoms with Crippen LogP contribution in [0.2, 0.25) is 0 Å². The molecule has 0 N–H and O–H groups in total. The summed E-state index contributed by atoms with van der Waals surface area (Å²) in [5, 5.41) is 1.15. The third kappa shape index (κ3) is 1.32. The highest BCUT2D eigenvalue weighted by atomic mass is 35.5. The van der Waals surface area contributed by atoms with E-state index in [1.807, 2.05) is 18.2 Å². The van der Waals surface area contributed by atoms with Crippen molar-refractivity contribution in [2.24, 2.45) is 0 Å². The zero-order valence-electron chi connectivity index (χ0n) is 6.59. The number of halogens is 1. The van der Waals surface area contributed by atoms with Gasteiger partial charge in [-0.25, -0.2) is 0 Å². The highest BCUT2D eigenvalue weighted by Gasteiger charge is 1.97. The maximum absolute atomic E-state index is 5.64. The Balaban J connectivity index is 2.46. The highest BCUT2D eigenvalue weighted by Crippen LogP contribution is 2.17. The van der Waals surface area contributed by atoms with Gasteiger partial charge in [0.1, 0.15) is 5.58 Å². The molecule has 0 saturated heterocycles. The molecule has 0 amide bonds. The van der Waals surface area contributed by atoms with Crippen LogP contribution in [0.25, 0.3) is 11.0 Å². The molecule has 0 bridgehead atoms. The molecule has 2 aromatic rings. The lowest BCUT2D eigenvalue weighted by Gasteiger charge is -1.95. The first-order chi connectivity index (χ1) is 5.90. The van der Waals surface area contributed by atoms with Gasteiger partial charge in [-0.05, 0) is 30.2 Å². The topological polar surface area (TPSA) is 13.1 Å². The summed E-state index contributed by atoms with van der Waals surface area (Å²) >= 11 is 5.64. The molecule has 0 atom stereocenters. The summed E-state index contributed by atoms with van der Waals surface area (Å²) in [6.07, 6.45) is 2.62. The monoisotopic (exact) mass is 180 g/mol. The Morgan fingerprint density at radius 2 is 2.17 bits per heavy atom. The molecule has 0 saturated carbocycles. The van der Waals surface area contributed by atoms with Gasteiger partial charge in [0, 0.05) is 11.3 Å². The molecular weight excluding hydrogens is 172 g/mol. The van der Waals surface area contributed by atoms with Crippen LogP contribution in [0.4, 0.5) is 0 Å². The van der Waals surface area contributed by atoms with Crippen LogP contribution in [0.1, 0.15) is 5.56 Å². The molecule has 2 rings (SSSR count). The zero-order chi connectivity index (χ0) is 8.39. The third-order valence-electron chi connectivity index (χ3n) is 1.90. The summed E-state index contributed by atoms with van der Waals surface area (Å²) in [4.78, 5) is 0. The standard InChI is InChI=1S/C10H9ClO/c11-5-3-8-1-2-10-9(7-8)4-6-12-10/h1-2,4,6-7H,3,5H2. The van der Waals surface area contributed by atoms with Crippen LogP contribution in [-0.2, 0) is 6.42 Å². The minimum atomic E-state index is 0.670. The van der Waals surface area contributed by atoms with E-state index in [9.17, 15) is 0 Å².